The van der Waals surface area contributed by atoms with Gasteiger partial charge in [0.05, 0.1) is 23.9 Å². The van der Waals surface area contributed by atoms with Crippen molar-refractivity contribution in [1.82, 2.24) is 24.8 Å². The summed E-state index contributed by atoms with van der Waals surface area (Å²) in [5, 5.41) is 3.34. The zero-order chi connectivity index (χ0) is 20.1. The number of rotatable bonds is 4. The largest absolute Gasteiger partial charge is 0.354 e. The summed E-state index contributed by atoms with van der Waals surface area (Å²) >= 11 is 0. The number of amides is 2. The number of nitrogens with one attached hydrogen (secondary N) is 1. The van der Waals surface area contributed by atoms with Gasteiger partial charge in [-0.3, -0.25) is 14.9 Å². The van der Waals surface area contributed by atoms with Crippen molar-refractivity contribution in [2.75, 3.05) is 29.9 Å². The molecule has 5 rings (SSSR count). The van der Waals surface area contributed by atoms with E-state index in [2.05, 4.69) is 10.3 Å². The van der Waals surface area contributed by atoms with Gasteiger partial charge in [-0.05, 0) is 12.1 Å². The molecule has 0 aliphatic carbocycles. The summed E-state index contributed by atoms with van der Waals surface area (Å²) in [7, 11) is 3.88. The molecule has 2 fully saturated rings. The molecule has 29 heavy (non-hydrogen) atoms. The van der Waals surface area contributed by atoms with Gasteiger partial charge in [0.25, 0.3) is 0 Å². The number of anilines is 2. The van der Waals surface area contributed by atoms with E-state index in [0.717, 1.165) is 22.5 Å². The molecule has 2 aliphatic heterocycles. The number of carbonyl (C=O) groups is 2. The highest BCUT2D eigenvalue weighted by Gasteiger charge is 2.48. The lowest BCUT2D eigenvalue weighted by molar-refractivity contribution is -0.126. The fourth-order valence-electron chi connectivity index (χ4n) is 4.11. The SMILES string of the molecule is CN(Cc1nccn1C)c1nc(N2C[C@@H]3C(=O)NC(=O)[C@@H]3C2)c2ccccc2n1. The number of imidazole rings is 1. The van der Waals surface area contributed by atoms with Crippen molar-refractivity contribution in [3.8, 4) is 0 Å². The molecule has 0 spiro atoms. The molecule has 2 saturated heterocycles. The Labute approximate surface area is 167 Å². The van der Waals surface area contributed by atoms with Crippen LogP contribution in [0.15, 0.2) is 36.7 Å². The predicted octanol–water partition coefficient (Wildman–Crippen LogP) is 0.708. The third kappa shape index (κ3) is 2.89. The van der Waals surface area contributed by atoms with E-state index in [1.165, 1.54) is 0 Å². The van der Waals surface area contributed by atoms with E-state index in [4.69, 9.17) is 9.97 Å². The van der Waals surface area contributed by atoms with E-state index in [-0.39, 0.29) is 23.7 Å². The highest BCUT2D eigenvalue weighted by Crippen LogP contribution is 2.35. The molecule has 2 aliphatic rings. The van der Waals surface area contributed by atoms with Crippen molar-refractivity contribution in [2.24, 2.45) is 18.9 Å². The lowest BCUT2D eigenvalue weighted by Gasteiger charge is -2.23. The van der Waals surface area contributed by atoms with Gasteiger partial charge in [-0.1, -0.05) is 12.1 Å². The number of hydrogen-bond acceptors (Lipinski definition) is 7. The van der Waals surface area contributed by atoms with Crippen LogP contribution in [0.5, 0.6) is 0 Å². The summed E-state index contributed by atoms with van der Waals surface area (Å²) in [6.45, 7) is 1.52. The van der Waals surface area contributed by atoms with Crippen LogP contribution in [-0.2, 0) is 23.2 Å². The number of hydrogen-bond donors (Lipinski definition) is 1. The Morgan fingerprint density at radius 2 is 1.86 bits per heavy atom. The molecule has 2 amide bonds. The number of fused-ring (bicyclic) bond motifs is 2. The highest BCUT2D eigenvalue weighted by atomic mass is 16.2. The monoisotopic (exact) mass is 391 g/mol. The van der Waals surface area contributed by atoms with Gasteiger partial charge in [-0.25, -0.2) is 9.97 Å². The molecule has 4 heterocycles. The topological polar surface area (TPSA) is 96.3 Å². The first kappa shape index (κ1) is 17.6. The van der Waals surface area contributed by atoms with E-state index < -0.39 is 0 Å². The standard InChI is InChI=1S/C20H21N7O2/c1-25-8-7-21-16(25)11-26(2)20-22-15-6-4-3-5-12(15)17(23-20)27-9-13-14(10-27)19(29)24-18(13)28/h3-8,13-14H,9-11H2,1-2H3,(H,24,28,29)/t13-,14+. The Hall–Kier alpha value is -3.49. The van der Waals surface area contributed by atoms with E-state index in [9.17, 15) is 9.59 Å². The molecule has 1 aromatic carbocycles. The normalized spacial score (nSPS) is 21.0. The van der Waals surface area contributed by atoms with Crippen molar-refractivity contribution in [2.45, 2.75) is 6.54 Å². The molecule has 3 aromatic rings. The van der Waals surface area contributed by atoms with Gasteiger partial charge in [-0.15, -0.1) is 0 Å². The lowest BCUT2D eigenvalue weighted by Crippen LogP contribution is -2.32. The van der Waals surface area contributed by atoms with Gasteiger partial charge < -0.3 is 14.4 Å². The molecule has 0 radical (unpaired) electrons. The van der Waals surface area contributed by atoms with Gasteiger partial charge in [0.1, 0.15) is 11.6 Å². The summed E-state index contributed by atoms with van der Waals surface area (Å²) in [6, 6.07) is 7.81. The minimum atomic E-state index is -0.315. The second-order valence-electron chi connectivity index (χ2n) is 7.65. The van der Waals surface area contributed by atoms with Crippen LogP contribution in [0.25, 0.3) is 10.9 Å². The van der Waals surface area contributed by atoms with Crippen LogP contribution in [0.2, 0.25) is 0 Å². The zero-order valence-corrected chi connectivity index (χ0v) is 16.2. The third-order valence-corrected chi connectivity index (χ3v) is 5.75. The van der Waals surface area contributed by atoms with Crippen molar-refractivity contribution < 1.29 is 9.59 Å². The van der Waals surface area contributed by atoms with E-state index in [1.807, 2.05) is 58.9 Å². The number of benzene rings is 1. The quantitative estimate of drug-likeness (QED) is 0.654. The smallest absolute Gasteiger partial charge is 0.232 e. The van der Waals surface area contributed by atoms with Crippen molar-refractivity contribution in [1.29, 1.82) is 0 Å². The summed E-state index contributed by atoms with van der Waals surface area (Å²) in [6.07, 6.45) is 3.67. The van der Waals surface area contributed by atoms with Crippen molar-refractivity contribution in [3.63, 3.8) is 0 Å². The van der Waals surface area contributed by atoms with Crippen LogP contribution in [0.4, 0.5) is 11.8 Å². The molecule has 0 saturated carbocycles. The average Bonchev–Trinajstić information content (AvgIpc) is 3.39. The molecular formula is C20H21N7O2. The van der Waals surface area contributed by atoms with Gasteiger partial charge in [0.15, 0.2) is 0 Å². The Morgan fingerprint density at radius 3 is 2.55 bits per heavy atom. The van der Waals surface area contributed by atoms with Crippen LogP contribution in [-0.4, -0.2) is 51.5 Å². The zero-order valence-electron chi connectivity index (χ0n) is 16.2. The van der Waals surface area contributed by atoms with Crippen LogP contribution in [0, 0.1) is 11.8 Å². The first-order valence-corrected chi connectivity index (χ1v) is 9.55. The average molecular weight is 391 g/mol. The van der Waals surface area contributed by atoms with Gasteiger partial charge in [0.2, 0.25) is 17.8 Å². The molecule has 9 nitrogen and oxygen atoms in total. The maximum Gasteiger partial charge on any atom is 0.232 e. The summed E-state index contributed by atoms with van der Waals surface area (Å²) in [4.78, 5) is 42.1. The fraction of sp³-hybridized carbons (Fsp3) is 0.350. The van der Waals surface area contributed by atoms with Crippen molar-refractivity contribution >= 4 is 34.5 Å². The molecule has 0 unspecified atom stereocenters. The number of para-hydroxylation sites is 1. The number of carbonyl (C=O) groups excluding carboxylic acids is 2. The maximum absolute atomic E-state index is 12.1. The van der Waals surface area contributed by atoms with Crippen LogP contribution in [0.1, 0.15) is 5.82 Å². The molecule has 0 bridgehead atoms. The Kier molecular flexibility index (Phi) is 3.97. The molecular weight excluding hydrogens is 370 g/mol. The fourth-order valence-corrected chi connectivity index (χ4v) is 4.11. The maximum atomic E-state index is 12.1. The molecule has 2 atom stereocenters. The van der Waals surface area contributed by atoms with E-state index in [0.29, 0.717) is 25.6 Å². The number of nitrogens with zero attached hydrogens (tertiary/aromatic N) is 6. The Bertz CT molecular complexity index is 1100. The molecule has 9 heteroatoms. The lowest BCUT2D eigenvalue weighted by atomic mass is 10.00. The Balaban J connectivity index is 1.52. The van der Waals surface area contributed by atoms with Crippen LogP contribution >= 0.6 is 0 Å². The summed E-state index contributed by atoms with van der Waals surface area (Å²) in [5.74, 6) is 1.24. The highest BCUT2D eigenvalue weighted by molar-refractivity contribution is 6.06. The van der Waals surface area contributed by atoms with Crippen LogP contribution in [0.3, 0.4) is 0 Å². The van der Waals surface area contributed by atoms with E-state index >= 15 is 0 Å². The second kappa shape index (κ2) is 6.54. The van der Waals surface area contributed by atoms with Crippen molar-refractivity contribution in [3.05, 3.63) is 42.5 Å². The molecule has 2 aromatic heterocycles. The minimum absolute atomic E-state index is 0.187. The van der Waals surface area contributed by atoms with Gasteiger partial charge in [-0.2, -0.15) is 4.98 Å². The van der Waals surface area contributed by atoms with Gasteiger partial charge in [0, 0.05) is 45.0 Å². The summed E-state index contributed by atoms with van der Waals surface area (Å²) in [5.41, 5.74) is 0.826. The number of aryl methyl sites for hydroxylation is 1. The first-order valence-electron chi connectivity index (χ1n) is 9.55. The number of aromatic nitrogens is 4. The summed E-state index contributed by atoms with van der Waals surface area (Å²) < 4.78 is 1.96. The Morgan fingerprint density at radius 1 is 1.14 bits per heavy atom. The second-order valence-corrected chi connectivity index (χ2v) is 7.65. The number of imide groups is 1. The van der Waals surface area contributed by atoms with Gasteiger partial charge >= 0.3 is 0 Å². The predicted molar refractivity (Wildman–Crippen MR) is 107 cm³/mol. The third-order valence-electron chi connectivity index (χ3n) is 5.75. The van der Waals surface area contributed by atoms with Crippen LogP contribution < -0.4 is 15.1 Å². The first-order chi connectivity index (χ1) is 14.0. The van der Waals surface area contributed by atoms with E-state index in [1.54, 1.807) is 6.20 Å². The molecule has 148 valence electrons. The molecule has 1 N–H and O–H groups in total. The minimum Gasteiger partial charge on any atom is -0.354 e.